The Kier molecular flexibility index (Phi) is 4.92. The van der Waals surface area contributed by atoms with Crippen LogP contribution < -0.4 is 5.32 Å². The highest BCUT2D eigenvalue weighted by molar-refractivity contribution is 6.05. The summed E-state index contributed by atoms with van der Waals surface area (Å²) in [6.07, 6.45) is 3.70. The van der Waals surface area contributed by atoms with Gasteiger partial charge >= 0.3 is 5.97 Å². The quantitative estimate of drug-likeness (QED) is 0.484. The second kappa shape index (κ2) is 7.54. The molecule has 0 bridgehead atoms. The average molecular weight is 388 g/mol. The minimum atomic E-state index is -0.946. The Hall–Kier alpha value is -3.41. The van der Waals surface area contributed by atoms with E-state index in [1.54, 1.807) is 18.2 Å². The first kappa shape index (κ1) is 18.9. The third-order valence-corrected chi connectivity index (χ3v) is 5.05. The van der Waals surface area contributed by atoms with Crippen LogP contribution in [0.3, 0.4) is 0 Å². The van der Waals surface area contributed by atoms with Crippen molar-refractivity contribution in [2.45, 2.75) is 27.3 Å². The van der Waals surface area contributed by atoms with Crippen LogP contribution in [-0.2, 0) is 6.54 Å². The van der Waals surface area contributed by atoms with E-state index < -0.39 is 5.97 Å². The summed E-state index contributed by atoms with van der Waals surface area (Å²) in [5.41, 5.74) is 4.97. The summed E-state index contributed by atoms with van der Waals surface area (Å²) >= 11 is 0. The Labute approximate surface area is 169 Å². The van der Waals surface area contributed by atoms with Gasteiger partial charge in [0.05, 0.1) is 34.7 Å². The molecule has 2 heterocycles. The van der Waals surface area contributed by atoms with Gasteiger partial charge in [0, 0.05) is 29.4 Å². The number of aromatic nitrogens is 3. The summed E-state index contributed by atoms with van der Waals surface area (Å²) in [5, 5.41) is 19.3. The number of aromatic carboxylic acids is 1. The first-order valence-electron chi connectivity index (χ1n) is 9.83. The van der Waals surface area contributed by atoms with Gasteiger partial charge in [-0.15, -0.1) is 0 Å². The average Bonchev–Trinajstić information content (AvgIpc) is 3.13. The zero-order chi connectivity index (χ0) is 20.5. The molecule has 0 aliphatic carbocycles. The largest absolute Gasteiger partial charge is 0.478 e. The lowest BCUT2D eigenvalue weighted by Gasteiger charge is -2.16. The number of aryl methyl sites for hydroxylation is 1. The second-order valence-electron chi connectivity index (χ2n) is 7.59. The van der Waals surface area contributed by atoms with Gasteiger partial charge in [0.1, 0.15) is 0 Å². The van der Waals surface area contributed by atoms with Gasteiger partial charge < -0.3 is 10.4 Å². The minimum Gasteiger partial charge on any atom is -0.478 e. The van der Waals surface area contributed by atoms with E-state index in [4.69, 9.17) is 0 Å². The number of rotatable bonds is 6. The number of hydrogen-bond acceptors (Lipinski definition) is 4. The topological polar surface area (TPSA) is 80.0 Å². The van der Waals surface area contributed by atoms with Gasteiger partial charge in [-0.05, 0) is 48.7 Å². The fourth-order valence-electron chi connectivity index (χ4n) is 3.58. The lowest BCUT2D eigenvalue weighted by molar-refractivity contribution is 0.0697. The van der Waals surface area contributed by atoms with E-state index in [0.29, 0.717) is 5.92 Å². The van der Waals surface area contributed by atoms with Crippen LogP contribution in [0.25, 0.3) is 32.9 Å². The number of pyridine rings is 1. The van der Waals surface area contributed by atoms with E-state index in [-0.39, 0.29) is 5.56 Å². The van der Waals surface area contributed by atoms with Gasteiger partial charge in [-0.25, -0.2) is 4.79 Å². The minimum absolute atomic E-state index is 0.251. The van der Waals surface area contributed by atoms with Crippen LogP contribution in [0.1, 0.15) is 31.1 Å². The van der Waals surface area contributed by atoms with Crippen LogP contribution in [0.4, 0.5) is 5.69 Å². The van der Waals surface area contributed by atoms with Crippen molar-refractivity contribution in [2.75, 3.05) is 11.9 Å². The lowest BCUT2D eigenvalue weighted by Crippen LogP contribution is -2.09. The maximum atomic E-state index is 11.6. The van der Waals surface area contributed by atoms with E-state index >= 15 is 0 Å². The van der Waals surface area contributed by atoms with Crippen molar-refractivity contribution in [1.82, 2.24) is 14.8 Å². The number of hydrogen-bond donors (Lipinski definition) is 2. The summed E-state index contributed by atoms with van der Waals surface area (Å²) in [6, 6.07) is 11.3. The van der Waals surface area contributed by atoms with Gasteiger partial charge in [0.25, 0.3) is 0 Å². The van der Waals surface area contributed by atoms with Crippen LogP contribution in [0.2, 0.25) is 0 Å². The molecule has 0 radical (unpaired) electrons. The number of anilines is 1. The molecule has 0 fully saturated rings. The molecule has 2 aromatic heterocycles. The number of benzene rings is 2. The molecular formula is C23H24N4O2. The third kappa shape index (κ3) is 3.53. The molecule has 0 aliphatic rings. The van der Waals surface area contributed by atoms with Crippen LogP contribution in [0.5, 0.6) is 0 Å². The molecule has 2 N–H and O–H groups in total. The summed E-state index contributed by atoms with van der Waals surface area (Å²) < 4.78 is 1.96. The van der Waals surface area contributed by atoms with Crippen molar-refractivity contribution in [1.29, 1.82) is 0 Å². The van der Waals surface area contributed by atoms with Crippen LogP contribution >= 0.6 is 0 Å². The highest BCUT2D eigenvalue weighted by Crippen LogP contribution is 2.36. The zero-order valence-corrected chi connectivity index (χ0v) is 16.8. The SMILES string of the molecule is CCn1ncc2cc(-c3c(NCC(C)C)cnc4ccc(C(=O)O)cc34)ccc21. The Morgan fingerprint density at radius 1 is 1.17 bits per heavy atom. The number of carboxylic acid groups (broad SMARTS) is 1. The number of nitrogens with zero attached hydrogens (tertiary/aromatic N) is 3. The second-order valence-corrected chi connectivity index (χ2v) is 7.59. The molecule has 0 amide bonds. The summed E-state index contributed by atoms with van der Waals surface area (Å²) in [7, 11) is 0. The first-order valence-corrected chi connectivity index (χ1v) is 9.83. The van der Waals surface area contributed by atoms with Crippen molar-refractivity contribution in [3.8, 4) is 11.1 Å². The monoisotopic (exact) mass is 388 g/mol. The van der Waals surface area contributed by atoms with Crippen molar-refractivity contribution >= 4 is 33.5 Å². The molecule has 0 aliphatic heterocycles. The predicted molar refractivity (Wildman–Crippen MR) is 116 cm³/mol. The summed E-state index contributed by atoms with van der Waals surface area (Å²) in [6.45, 7) is 7.97. The molecular weight excluding hydrogens is 364 g/mol. The first-order chi connectivity index (χ1) is 14.0. The third-order valence-electron chi connectivity index (χ3n) is 5.05. The van der Waals surface area contributed by atoms with E-state index in [1.165, 1.54) is 0 Å². The van der Waals surface area contributed by atoms with Crippen molar-refractivity contribution in [2.24, 2.45) is 5.92 Å². The molecule has 0 unspecified atom stereocenters. The molecule has 0 atom stereocenters. The van der Waals surface area contributed by atoms with Crippen molar-refractivity contribution in [3.05, 3.63) is 54.4 Å². The van der Waals surface area contributed by atoms with Gasteiger partial charge in [-0.2, -0.15) is 5.10 Å². The highest BCUT2D eigenvalue weighted by atomic mass is 16.4. The number of carbonyl (C=O) groups is 1. The molecule has 4 rings (SSSR count). The Morgan fingerprint density at radius 2 is 2.00 bits per heavy atom. The Morgan fingerprint density at radius 3 is 2.72 bits per heavy atom. The smallest absolute Gasteiger partial charge is 0.335 e. The number of fused-ring (bicyclic) bond motifs is 2. The Balaban J connectivity index is 1.96. The van der Waals surface area contributed by atoms with Crippen LogP contribution in [0.15, 0.2) is 48.8 Å². The van der Waals surface area contributed by atoms with Crippen LogP contribution in [-0.4, -0.2) is 32.4 Å². The molecule has 0 spiro atoms. The molecule has 29 heavy (non-hydrogen) atoms. The van der Waals surface area contributed by atoms with Gasteiger partial charge in [-0.1, -0.05) is 19.9 Å². The number of nitrogens with one attached hydrogen (secondary N) is 1. The maximum absolute atomic E-state index is 11.6. The molecule has 4 aromatic rings. The van der Waals surface area contributed by atoms with Crippen molar-refractivity contribution in [3.63, 3.8) is 0 Å². The van der Waals surface area contributed by atoms with E-state index in [0.717, 1.165) is 51.7 Å². The van der Waals surface area contributed by atoms with Gasteiger partial charge in [-0.3, -0.25) is 9.67 Å². The normalized spacial score (nSPS) is 11.4. The van der Waals surface area contributed by atoms with Crippen LogP contribution in [0, 0.1) is 5.92 Å². The van der Waals surface area contributed by atoms with E-state index in [9.17, 15) is 9.90 Å². The maximum Gasteiger partial charge on any atom is 0.335 e. The zero-order valence-electron chi connectivity index (χ0n) is 16.8. The lowest BCUT2D eigenvalue weighted by atomic mass is 9.97. The fourth-order valence-corrected chi connectivity index (χ4v) is 3.58. The molecule has 148 valence electrons. The van der Waals surface area contributed by atoms with E-state index in [1.807, 2.05) is 17.1 Å². The Bertz CT molecular complexity index is 1210. The predicted octanol–water partition coefficient (Wildman–Crippen LogP) is 5.04. The summed E-state index contributed by atoms with van der Waals surface area (Å²) in [5.74, 6) is -0.479. The molecule has 2 aromatic carbocycles. The van der Waals surface area contributed by atoms with Gasteiger partial charge in [0.15, 0.2) is 0 Å². The standard InChI is InChI=1S/C23H24N4O2/c1-4-27-21-8-6-15(9-17(21)12-26-27)22-18-10-16(23(28)29)5-7-19(18)25-13-20(22)24-11-14(2)3/h5-10,12-14,24H,4,11H2,1-3H3,(H,28,29). The number of carboxylic acids is 1. The fraction of sp³-hybridized carbons (Fsp3) is 0.261. The molecule has 6 heteroatoms. The molecule has 0 saturated heterocycles. The van der Waals surface area contributed by atoms with E-state index in [2.05, 4.69) is 54.4 Å². The molecule has 6 nitrogen and oxygen atoms in total. The molecule has 0 saturated carbocycles. The highest BCUT2D eigenvalue weighted by Gasteiger charge is 2.15. The van der Waals surface area contributed by atoms with Crippen molar-refractivity contribution < 1.29 is 9.90 Å². The summed E-state index contributed by atoms with van der Waals surface area (Å²) in [4.78, 5) is 16.1. The van der Waals surface area contributed by atoms with Gasteiger partial charge in [0.2, 0.25) is 0 Å².